The molecular weight excluding hydrogens is 384 g/mol. The Kier molecular flexibility index (Phi) is 5.96. The van der Waals surface area contributed by atoms with Gasteiger partial charge in [-0.25, -0.2) is 4.98 Å². The first kappa shape index (κ1) is 20.0. The molecule has 1 fully saturated rings. The van der Waals surface area contributed by atoms with Gasteiger partial charge in [-0.3, -0.25) is 14.5 Å². The number of aromatic nitrogens is 1. The van der Waals surface area contributed by atoms with Crippen LogP contribution in [0.4, 0.5) is 5.82 Å². The van der Waals surface area contributed by atoms with Crippen LogP contribution >= 0.6 is 11.3 Å². The van der Waals surface area contributed by atoms with E-state index in [2.05, 4.69) is 26.6 Å². The molecule has 2 aromatic rings. The summed E-state index contributed by atoms with van der Waals surface area (Å²) in [5.41, 5.74) is 2.18. The fourth-order valence-corrected chi connectivity index (χ4v) is 5.14. The monoisotopic (exact) mass is 412 g/mol. The van der Waals surface area contributed by atoms with Gasteiger partial charge in [0.1, 0.15) is 5.82 Å². The van der Waals surface area contributed by atoms with Gasteiger partial charge in [0.05, 0.1) is 6.04 Å². The molecule has 0 aromatic carbocycles. The van der Waals surface area contributed by atoms with Crippen LogP contribution in [0.15, 0.2) is 29.6 Å². The summed E-state index contributed by atoms with van der Waals surface area (Å²) in [5, 5.41) is 5.05. The van der Waals surface area contributed by atoms with E-state index >= 15 is 0 Å². The molecule has 2 aliphatic heterocycles. The fraction of sp³-hybridized carbons (Fsp3) is 0.500. The van der Waals surface area contributed by atoms with Gasteiger partial charge in [0.2, 0.25) is 11.8 Å². The number of piperidine rings is 1. The largest absolute Gasteiger partial charge is 0.337 e. The Morgan fingerprint density at radius 1 is 1.21 bits per heavy atom. The van der Waals surface area contributed by atoms with Crippen LogP contribution < -0.4 is 5.32 Å². The van der Waals surface area contributed by atoms with Gasteiger partial charge in [-0.1, -0.05) is 6.07 Å². The van der Waals surface area contributed by atoms with Crippen molar-refractivity contribution in [3.8, 4) is 0 Å². The van der Waals surface area contributed by atoms with Crippen molar-refractivity contribution in [3.63, 3.8) is 0 Å². The van der Waals surface area contributed by atoms with Crippen LogP contribution in [0.5, 0.6) is 0 Å². The van der Waals surface area contributed by atoms with E-state index in [1.807, 2.05) is 36.9 Å². The van der Waals surface area contributed by atoms with E-state index in [0.717, 1.165) is 51.1 Å². The van der Waals surface area contributed by atoms with Gasteiger partial charge in [-0.05, 0) is 75.3 Å². The maximum Gasteiger partial charge on any atom is 0.239 e. The first-order valence-electron chi connectivity index (χ1n) is 10.3. The van der Waals surface area contributed by atoms with Crippen LogP contribution in [0.2, 0.25) is 0 Å². The number of likely N-dealkylation sites (tertiary alicyclic amines) is 1. The molecule has 0 radical (unpaired) electrons. The molecule has 4 heterocycles. The van der Waals surface area contributed by atoms with E-state index in [-0.39, 0.29) is 23.8 Å². The van der Waals surface area contributed by atoms with Crippen molar-refractivity contribution in [1.82, 2.24) is 14.8 Å². The number of carbonyl (C=O) groups is 2. The zero-order valence-corrected chi connectivity index (χ0v) is 17.9. The quantitative estimate of drug-likeness (QED) is 0.838. The normalized spacial score (nSPS) is 18.9. The lowest BCUT2D eigenvalue weighted by Gasteiger charge is -2.37. The van der Waals surface area contributed by atoms with Crippen LogP contribution in [0.3, 0.4) is 0 Å². The first-order valence-corrected chi connectivity index (χ1v) is 11.2. The molecule has 2 aromatic heterocycles. The number of nitrogens with one attached hydrogen (secondary N) is 1. The minimum Gasteiger partial charge on any atom is -0.337 e. The number of nitrogens with zero attached hydrogens (tertiary/aromatic N) is 3. The van der Waals surface area contributed by atoms with Crippen molar-refractivity contribution in [2.24, 2.45) is 5.92 Å². The van der Waals surface area contributed by atoms with E-state index < -0.39 is 0 Å². The average molecular weight is 413 g/mol. The van der Waals surface area contributed by atoms with Gasteiger partial charge in [0, 0.05) is 29.6 Å². The summed E-state index contributed by atoms with van der Waals surface area (Å²) in [6.07, 6.45) is 2.49. The van der Waals surface area contributed by atoms with Gasteiger partial charge in [0.15, 0.2) is 0 Å². The second kappa shape index (κ2) is 8.63. The molecule has 154 valence electrons. The Hall–Kier alpha value is -2.25. The number of pyridine rings is 1. The van der Waals surface area contributed by atoms with Crippen molar-refractivity contribution < 1.29 is 9.59 Å². The molecule has 2 amide bonds. The predicted molar refractivity (Wildman–Crippen MR) is 115 cm³/mol. The van der Waals surface area contributed by atoms with E-state index in [1.54, 1.807) is 11.3 Å². The number of carbonyl (C=O) groups excluding carboxylic acids is 2. The lowest BCUT2D eigenvalue weighted by molar-refractivity contribution is -0.138. The molecule has 29 heavy (non-hydrogen) atoms. The number of amides is 2. The average Bonchev–Trinajstić information content (AvgIpc) is 3.20. The highest BCUT2D eigenvalue weighted by Crippen LogP contribution is 2.26. The zero-order valence-electron chi connectivity index (χ0n) is 17.1. The highest BCUT2D eigenvalue weighted by atomic mass is 32.1. The zero-order chi connectivity index (χ0) is 20.4. The minimum absolute atomic E-state index is 0.0285. The van der Waals surface area contributed by atoms with Gasteiger partial charge in [-0.15, -0.1) is 11.3 Å². The molecular formula is C22H28N4O2S. The molecule has 1 unspecified atom stereocenters. The third-order valence-corrected chi connectivity index (χ3v) is 7.09. The highest BCUT2D eigenvalue weighted by Gasteiger charge is 2.33. The number of hydrogen-bond donors (Lipinski definition) is 1. The van der Waals surface area contributed by atoms with Crippen molar-refractivity contribution >= 4 is 29.0 Å². The van der Waals surface area contributed by atoms with Crippen molar-refractivity contribution in [1.29, 1.82) is 0 Å². The molecule has 0 spiro atoms. The second-order valence-electron chi connectivity index (χ2n) is 8.02. The third-order valence-electron chi connectivity index (χ3n) is 6.06. The summed E-state index contributed by atoms with van der Waals surface area (Å²) in [6.45, 7) is 6.98. The van der Waals surface area contributed by atoms with Gasteiger partial charge in [0.25, 0.3) is 0 Å². The number of hydrogen-bond acceptors (Lipinski definition) is 5. The molecule has 2 aliphatic rings. The Labute approximate surface area is 175 Å². The number of aryl methyl sites for hydroxylation is 1. The molecule has 4 rings (SSSR count). The van der Waals surface area contributed by atoms with Crippen LogP contribution in [0.25, 0.3) is 0 Å². The number of thiophene rings is 1. The molecule has 1 saturated heterocycles. The van der Waals surface area contributed by atoms with Crippen molar-refractivity contribution in [2.75, 3.05) is 25.0 Å². The van der Waals surface area contributed by atoms with E-state index in [0.29, 0.717) is 5.82 Å². The summed E-state index contributed by atoms with van der Waals surface area (Å²) >= 11 is 1.79. The molecule has 7 heteroatoms. The Bertz CT molecular complexity index is 888. The highest BCUT2D eigenvalue weighted by molar-refractivity contribution is 7.10. The molecule has 1 N–H and O–H groups in total. The number of fused-ring (bicyclic) bond motifs is 1. The van der Waals surface area contributed by atoms with Crippen LogP contribution in [0, 0.1) is 12.8 Å². The number of rotatable bonds is 4. The van der Waals surface area contributed by atoms with Gasteiger partial charge >= 0.3 is 0 Å². The molecule has 6 nitrogen and oxygen atoms in total. The maximum absolute atomic E-state index is 13.0. The first-order chi connectivity index (χ1) is 14.0. The SMILES string of the molecule is Cc1cccc(NC(=O)C2CCN(C(C)C(=O)N3CCc4sccc4C3)CC2)n1. The number of anilines is 1. The summed E-state index contributed by atoms with van der Waals surface area (Å²) in [5.74, 6) is 0.814. The van der Waals surface area contributed by atoms with Gasteiger partial charge in [-0.2, -0.15) is 0 Å². The summed E-state index contributed by atoms with van der Waals surface area (Å²) in [7, 11) is 0. The molecule has 1 atom stereocenters. The minimum atomic E-state index is -0.141. The van der Waals surface area contributed by atoms with Crippen LogP contribution in [-0.4, -0.2) is 52.3 Å². The van der Waals surface area contributed by atoms with E-state index in [9.17, 15) is 9.59 Å². The second-order valence-corrected chi connectivity index (χ2v) is 9.02. The topological polar surface area (TPSA) is 65.5 Å². The summed E-state index contributed by atoms with van der Waals surface area (Å²) < 4.78 is 0. The molecule has 0 bridgehead atoms. The third kappa shape index (κ3) is 4.51. The predicted octanol–water partition coefficient (Wildman–Crippen LogP) is 3.08. The lowest BCUT2D eigenvalue weighted by atomic mass is 9.94. The maximum atomic E-state index is 13.0. The van der Waals surface area contributed by atoms with Crippen LogP contribution in [0.1, 0.15) is 35.9 Å². The summed E-state index contributed by atoms with van der Waals surface area (Å²) in [6, 6.07) is 7.62. The van der Waals surface area contributed by atoms with Crippen molar-refractivity contribution in [3.05, 3.63) is 45.8 Å². The van der Waals surface area contributed by atoms with Crippen molar-refractivity contribution in [2.45, 2.75) is 45.7 Å². The van der Waals surface area contributed by atoms with E-state index in [1.165, 1.54) is 10.4 Å². The molecule has 0 aliphatic carbocycles. The Balaban J connectivity index is 1.28. The Morgan fingerprint density at radius 2 is 2.00 bits per heavy atom. The smallest absolute Gasteiger partial charge is 0.239 e. The van der Waals surface area contributed by atoms with Gasteiger partial charge < -0.3 is 10.2 Å². The standard InChI is InChI=1S/C22H28N4O2S/c1-15-4-3-5-20(23-15)24-21(27)17-6-10-25(11-7-17)16(2)22(28)26-12-8-19-18(14-26)9-13-29-19/h3-5,9,13,16-17H,6-8,10-12,14H2,1-2H3,(H,23,24,27). The fourth-order valence-electron chi connectivity index (χ4n) is 4.25. The Morgan fingerprint density at radius 3 is 2.76 bits per heavy atom. The summed E-state index contributed by atoms with van der Waals surface area (Å²) in [4.78, 5) is 35.6. The molecule has 0 saturated carbocycles. The lowest BCUT2D eigenvalue weighted by Crippen LogP contribution is -2.51. The van der Waals surface area contributed by atoms with E-state index in [4.69, 9.17) is 0 Å². The van der Waals surface area contributed by atoms with Crippen LogP contribution in [-0.2, 0) is 22.6 Å².